The number of aryl methyl sites for hydroxylation is 2. The van der Waals surface area contributed by atoms with Crippen LogP contribution < -0.4 is 16.9 Å². The van der Waals surface area contributed by atoms with Crippen LogP contribution in [0, 0.1) is 0 Å². The minimum absolute atomic E-state index is 0.157. The lowest BCUT2D eigenvalue weighted by Gasteiger charge is -2.09. The molecule has 9 heteroatoms. The first-order valence-electron chi connectivity index (χ1n) is 8.71. The largest absolute Gasteiger partial charge is 0.493 e. The van der Waals surface area contributed by atoms with Gasteiger partial charge in [0.15, 0.2) is 0 Å². The Labute approximate surface area is 163 Å². The number of rotatable bonds is 3. The summed E-state index contributed by atoms with van der Waals surface area (Å²) in [5.74, 6) is -0.512. The van der Waals surface area contributed by atoms with E-state index in [1.165, 1.54) is 15.3 Å². The molecule has 0 fully saturated rings. The summed E-state index contributed by atoms with van der Waals surface area (Å²) in [5.41, 5.74) is 0.486. The fraction of sp³-hybridized carbons (Fsp3) is 0.100. The zero-order valence-corrected chi connectivity index (χ0v) is 15.7. The predicted octanol–water partition coefficient (Wildman–Crippen LogP) is 1.17. The van der Waals surface area contributed by atoms with Gasteiger partial charge in [-0.2, -0.15) is 0 Å². The Balaban J connectivity index is 1.82. The molecule has 2 aromatic heterocycles. The number of benzene rings is 2. The van der Waals surface area contributed by atoms with E-state index in [9.17, 15) is 19.5 Å². The molecule has 0 unspecified atom stereocenters. The van der Waals surface area contributed by atoms with Crippen molar-refractivity contribution in [1.29, 1.82) is 0 Å². The molecule has 146 valence electrons. The quantitative estimate of drug-likeness (QED) is 0.510. The second kappa shape index (κ2) is 6.79. The highest BCUT2D eigenvalue weighted by Crippen LogP contribution is 2.21. The van der Waals surface area contributed by atoms with Crippen LogP contribution in [0.3, 0.4) is 0 Å². The summed E-state index contributed by atoms with van der Waals surface area (Å²) in [6.07, 6.45) is 1.19. The van der Waals surface area contributed by atoms with E-state index in [2.05, 4.69) is 9.98 Å². The molecule has 2 N–H and O–H groups in total. The first-order valence-corrected chi connectivity index (χ1v) is 8.71. The van der Waals surface area contributed by atoms with Gasteiger partial charge in [-0.05, 0) is 30.3 Å². The van der Waals surface area contributed by atoms with Crippen LogP contribution in [0.1, 0.15) is 5.56 Å². The third-order valence-electron chi connectivity index (χ3n) is 4.73. The van der Waals surface area contributed by atoms with E-state index in [-0.39, 0.29) is 11.3 Å². The van der Waals surface area contributed by atoms with Gasteiger partial charge in [0.2, 0.25) is 5.88 Å². The Kier molecular flexibility index (Phi) is 4.27. The van der Waals surface area contributed by atoms with Crippen LogP contribution in [0.15, 0.2) is 67.9 Å². The van der Waals surface area contributed by atoms with Crippen LogP contribution in [-0.2, 0) is 14.1 Å². The molecule has 0 saturated carbocycles. The van der Waals surface area contributed by atoms with E-state index in [4.69, 9.17) is 0 Å². The molecule has 0 aliphatic carbocycles. The summed E-state index contributed by atoms with van der Waals surface area (Å²) in [4.78, 5) is 42.9. The van der Waals surface area contributed by atoms with Crippen LogP contribution in [0.5, 0.6) is 5.88 Å². The number of aromatic amines is 1. The van der Waals surface area contributed by atoms with Crippen molar-refractivity contribution in [3.8, 4) is 11.6 Å². The number of nitrogens with zero attached hydrogens (tertiary/aromatic N) is 4. The molecule has 0 bridgehead atoms. The summed E-state index contributed by atoms with van der Waals surface area (Å²) in [6, 6.07) is 13.6. The van der Waals surface area contributed by atoms with Crippen LogP contribution in [0.4, 0.5) is 5.69 Å². The first kappa shape index (κ1) is 18.2. The second-order valence-corrected chi connectivity index (χ2v) is 6.50. The number of aromatic hydroxyl groups is 1. The van der Waals surface area contributed by atoms with Crippen molar-refractivity contribution in [3.63, 3.8) is 0 Å². The molecule has 9 nitrogen and oxygen atoms in total. The lowest BCUT2D eigenvalue weighted by molar-refractivity contribution is 0.430. The van der Waals surface area contributed by atoms with Crippen LogP contribution in [0.25, 0.3) is 16.7 Å². The molecular formula is C20H17N5O4. The molecule has 2 heterocycles. The smallest absolute Gasteiger partial charge is 0.335 e. The summed E-state index contributed by atoms with van der Waals surface area (Å²) < 4.78 is 4.01. The first-order chi connectivity index (χ1) is 13.9. The van der Waals surface area contributed by atoms with Crippen LogP contribution >= 0.6 is 0 Å². The van der Waals surface area contributed by atoms with Gasteiger partial charge in [0.25, 0.3) is 5.56 Å². The van der Waals surface area contributed by atoms with Crippen molar-refractivity contribution in [3.05, 3.63) is 85.4 Å². The lowest BCUT2D eigenvalue weighted by atomic mass is 10.2. The van der Waals surface area contributed by atoms with E-state index in [1.54, 1.807) is 62.6 Å². The number of imidazole rings is 1. The molecule has 0 atom stereocenters. The molecule has 0 radical (unpaired) electrons. The van der Waals surface area contributed by atoms with Crippen LogP contribution in [0.2, 0.25) is 0 Å². The van der Waals surface area contributed by atoms with Gasteiger partial charge >= 0.3 is 11.4 Å². The zero-order valence-electron chi connectivity index (χ0n) is 15.7. The van der Waals surface area contributed by atoms with Gasteiger partial charge < -0.3 is 5.11 Å². The van der Waals surface area contributed by atoms with Crippen molar-refractivity contribution in [1.82, 2.24) is 18.7 Å². The van der Waals surface area contributed by atoms with Gasteiger partial charge in [0.05, 0.1) is 22.4 Å². The summed E-state index contributed by atoms with van der Waals surface area (Å²) in [6.45, 7) is 0. The maximum absolute atomic E-state index is 12.2. The van der Waals surface area contributed by atoms with Gasteiger partial charge in [0, 0.05) is 20.3 Å². The minimum atomic E-state index is -0.753. The molecule has 0 aliphatic heterocycles. The van der Waals surface area contributed by atoms with Crippen LogP contribution in [-0.4, -0.2) is 30.0 Å². The van der Waals surface area contributed by atoms with E-state index in [0.717, 1.165) is 10.1 Å². The number of nitrogens with one attached hydrogen (secondary N) is 1. The molecule has 0 amide bonds. The Hall–Kier alpha value is -4.14. The standard InChI is InChI=1S/C20H17N5O4/c1-23-15-9-8-12(10-16(15)24(2)20(23)29)21-11-14-17(26)22-19(28)25(18(14)27)13-6-4-3-5-7-13/h3-11,27H,1-2H3,(H,22,26,28). The number of hydrogen-bond acceptors (Lipinski definition) is 5. The van der Waals surface area contributed by atoms with Gasteiger partial charge in [-0.25, -0.2) is 14.2 Å². The monoisotopic (exact) mass is 391 g/mol. The molecule has 0 aliphatic rings. The van der Waals surface area contributed by atoms with E-state index in [1.807, 2.05) is 0 Å². The number of hydrogen-bond donors (Lipinski definition) is 2. The van der Waals surface area contributed by atoms with Crippen molar-refractivity contribution < 1.29 is 5.11 Å². The SMILES string of the molecule is Cn1c(=O)n(C)c2cc(N=Cc3c(O)n(-c4ccccc4)c(=O)[nH]c3=O)ccc21. The molecule has 2 aromatic carbocycles. The van der Waals surface area contributed by atoms with Gasteiger partial charge in [0.1, 0.15) is 5.56 Å². The molecule has 0 spiro atoms. The molecule has 29 heavy (non-hydrogen) atoms. The number of fused-ring (bicyclic) bond motifs is 1. The highest BCUT2D eigenvalue weighted by Gasteiger charge is 2.14. The highest BCUT2D eigenvalue weighted by atomic mass is 16.3. The van der Waals surface area contributed by atoms with Crippen molar-refractivity contribution in [2.75, 3.05) is 0 Å². The fourth-order valence-corrected chi connectivity index (χ4v) is 3.19. The molecule has 0 saturated heterocycles. The average molecular weight is 391 g/mol. The average Bonchev–Trinajstić information content (AvgIpc) is 2.92. The molecule has 4 aromatic rings. The third-order valence-corrected chi connectivity index (χ3v) is 4.73. The summed E-state index contributed by atoms with van der Waals surface area (Å²) in [7, 11) is 3.34. The van der Waals surface area contributed by atoms with Gasteiger partial charge in [-0.1, -0.05) is 18.2 Å². The Morgan fingerprint density at radius 3 is 2.38 bits per heavy atom. The Bertz CT molecular complexity index is 1440. The number of para-hydroxylation sites is 1. The van der Waals surface area contributed by atoms with Crippen molar-refractivity contribution in [2.24, 2.45) is 19.1 Å². The summed E-state index contributed by atoms with van der Waals surface area (Å²) in [5, 5.41) is 10.5. The number of H-pyrrole nitrogens is 1. The zero-order chi connectivity index (χ0) is 20.7. The molecular weight excluding hydrogens is 374 g/mol. The minimum Gasteiger partial charge on any atom is -0.493 e. The third kappa shape index (κ3) is 2.98. The Morgan fingerprint density at radius 2 is 1.66 bits per heavy atom. The van der Waals surface area contributed by atoms with Gasteiger partial charge in [-0.3, -0.25) is 23.9 Å². The lowest BCUT2D eigenvalue weighted by Crippen LogP contribution is -2.31. The van der Waals surface area contributed by atoms with E-state index in [0.29, 0.717) is 16.9 Å². The molecule has 4 rings (SSSR count). The second-order valence-electron chi connectivity index (χ2n) is 6.50. The van der Waals surface area contributed by atoms with Crippen molar-refractivity contribution >= 4 is 22.9 Å². The maximum atomic E-state index is 12.2. The topological polar surface area (TPSA) is 114 Å². The fourth-order valence-electron chi connectivity index (χ4n) is 3.19. The summed E-state index contributed by atoms with van der Waals surface area (Å²) >= 11 is 0. The van der Waals surface area contributed by atoms with Crippen molar-refractivity contribution in [2.45, 2.75) is 0 Å². The predicted molar refractivity (Wildman–Crippen MR) is 110 cm³/mol. The highest BCUT2D eigenvalue weighted by molar-refractivity contribution is 5.86. The number of aromatic nitrogens is 4. The maximum Gasteiger partial charge on any atom is 0.335 e. The van der Waals surface area contributed by atoms with E-state index < -0.39 is 17.1 Å². The number of aliphatic imine (C=N–C) groups is 1. The normalized spacial score (nSPS) is 11.5. The van der Waals surface area contributed by atoms with E-state index >= 15 is 0 Å². The Morgan fingerprint density at radius 1 is 0.966 bits per heavy atom. The van der Waals surface area contributed by atoms with Gasteiger partial charge in [-0.15, -0.1) is 0 Å².